The summed E-state index contributed by atoms with van der Waals surface area (Å²) in [4.78, 5) is 29.0. The standard InChI is InChI=1S/C24H25N5O3S/c30-23(18-14-29(15-18)20-5-9-25-26-13-20)27-19-1-3-21(4-2-19)32-22-6-10-28(11-7-22)24(31)17-8-12-33-16-17/h1-5,8-9,12-13,16,18,22H,6-7,10-11,14-15H2,(H,27,30). The zero-order chi connectivity index (χ0) is 22.6. The lowest BCUT2D eigenvalue weighted by Crippen LogP contribution is -2.52. The van der Waals surface area contributed by atoms with Gasteiger partial charge in [-0.1, -0.05) is 0 Å². The first-order chi connectivity index (χ1) is 16.2. The molecule has 3 aromatic rings. The number of hydrogen-bond donors (Lipinski definition) is 1. The van der Waals surface area contributed by atoms with Gasteiger partial charge in [0.1, 0.15) is 11.9 Å². The summed E-state index contributed by atoms with van der Waals surface area (Å²) < 4.78 is 6.11. The van der Waals surface area contributed by atoms with Crippen molar-refractivity contribution in [3.05, 3.63) is 65.1 Å². The van der Waals surface area contributed by atoms with Crippen LogP contribution in [0.3, 0.4) is 0 Å². The third-order valence-electron chi connectivity index (χ3n) is 6.11. The molecule has 0 aliphatic carbocycles. The highest BCUT2D eigenvalue weighted by Crippen LogP contribution is 2.26. The van der Waals surface area contributed by atoms with Crippen LogP contribution in [-0.2, 0) is 4.79 Å². The molecule has 0 saturated carbocycles. The maximum absolute atomic E-state index is 12.5. The molecule has 1 N–H and O–H groups in total. The molecule has 33 heavy (non-hydrogen) atoms. The number of rotatable bonds is 6. The normalized spacial score (nSPS) is 16.8. The Morgan fingerprint density at radius 1 is 1.03 bits per heavy atom. The molecule has 4 heterocycles. The predicted octanol–water partition coefficient (Wildman–Crippen LogP) is 3.30. The smallest absolute Gasteiger partial charge is 0.254 e. The highest BCUT2D eigenvalue weighted by Gasteiger charge is 2.33. The molecule has 0 unspecified atom stereocenters. The number of carbonyl (C=O) groups is 2. The van der Waals surface area contributed by atoms with E-state index >= 15 is 0 Å². The first kappa shape index (κ1) is 21.4. The molecule has 8 nitrogen and oxygen atoms in total. The number of hydrogen-bond acceptors (Lipinski definition) is 7. The molecule has 0 radical (unpaired) electrons. The average Bonchev–Trinajstić information content (AvgIpc) is 3.35. The number of carbonyl (C=O) groups excluding carboxylic acids is 2. The number of anilines is 2. The lowest BCUT2D eigenvalue weighted by molar-refractivity contribution is -0.120. The van der Waals surface area contributed by atoms with Gasteiger partial charge in [-0.05, 0) is 41.8 Å². The lowest BCUT2D eigenvalue weighted by Gasteiger charge is -2.39. The molecule has 2 amide bonds. The molecule has 2 aromatic heterocycles. The van der Waals surface area contributed by atoms with E-state index < -0.39 is 0 Å². The van der Waals surface area contributed by atoms with Crippen LogP contribution >= 0.6 is 11.3 Å². The Hall–Kier alpha value is -3.46. The van der Waals surface area contributed by atoms with Gasteiger partial charge < -0.3 is 19.9 Å². The van der Waals surface area contributed by atoms with Crippen molar-refractivity contribution < 1.29 is 14.3 Å². The molecule has 0 bridgehead atoms. The van der Waals surface area contributed by atoms with Gasteiger partial charge in [0.2, 0.25) is 5.91 Å². The van der Waals surface area contributed by atoms with Crippen LogP contribution in [0.15, 0.2) is 59.6 Å². The van der Waals surface area contributed by atoms with Crippen molar-refractivity contribution in [1.82, 2.24) is 15.1 Å². The first-order valence-electron chi connectivity index (χ1n) is 11.1. The molecule has 9 heteroatoms. The van der Waals surface area contributed by atoms with Gasteiger partial charge in [0, 0.05) is 50.1 Å². The number of amides is 2. The molecular weight excluding hydrogens is 438 g/mol. The fourth-order valence-corrected chi connectivity index (χ4v) is 4.75. The minimum absolute atomic E-state index is 0.0181. The highest BCUT2D eigenvalue weighted by atomic mass is 32.1. The molecule has 1 aromatic carbocycles. The Kier molecular flexibility index (Phi) is 6.21. The molecule has 170 valence electrons. The fraction of sp³-hybridized carbons (Fsp3) is 0.333. The summed E-state index contributed by atoms with van der Waals surface area (Å²) in [6, 6.07) is 11.3. The zero-order valence-electron chi connectivity index (χ0n) is 18.1. The van der Waals surface area contributed by atoms with E-state index in [2.05, 4.69) is 20.4 Å². The van der Waals surface area contributed by atoms with Crippen molar-refractivity contribution in [2.45, 2.75) is 18.9 Å². The minimum Gasteiger partial charge on any atom is -0.490 e. The van der Waals surface area contributed by atoms with Crippen LogP contribution in [0.1, 0.15) is 23.2 Å². The molecule has 2 saturated heterocycles. The average molecular weight is 464 g/mol. The molecule has 0 atom stereocenters. The quantitative estimate of drug-likeness (QED) is 0.604. The van der Waals surface area contributed by atoms with Crippen LogP contribution in [-0.4, -0.2) is 59.2 Å². The summed E-state index contributed by atoms with van der Waals surface area (Å²) in [5.74, 6) is 0.845. The largest absolute Gasteiger partial charge is 0.490 e. The van der Waals surface area contributed by atoms with Gasteiger partial charge in [0.05, 0.1) is 29.6 Å². The molecular formula is C24H25N5O3S. The van der Waals surface area contributed by atoms with Gasteiger partial charge in [-0.15, -0.1) is 0 Å². The minimum atomic E-state index is -0.0453. The van der Waals surface area contributed by atoms with Crippen molar-refractivity contribution in [3.8, 4) is 5.75 Å². The van der Waals surface area contributed by atoms with Crippen molar-refractivity contribution in [1.29, 1.82) is 0 Å². The predicted molar refractivity (Wildman–Crippen MR) is 127 cm³/mol. The van der Waals surface area contributed by atoms with Gasteiger partial charge in [-0.25, -0.2) is 0 Å². The van der Waals surface area contributed by atoms with Crippen LogP contribution in [0, 0.1) is 5.92 Å². The molecule has 5 rings (SSSR count). The second-order valence-corrected chi connectivity index (χ2v) is 9.12. The second kappa shape index (κ2) is 9.58. The van der Waals surface area contributed by atoms with E-state index in [9.17, 15) is 9.59 Å². The second-order valence-electron chi connectivity index (χ2n) is 8.34. The van der Waals surface area contributed by atoms with Gasteiger partial charge in [-0.2, -0.15) is 21.5 Å². The highest BCUT2D eigenvalue weighted by molar-refractivity contribution is 7.08. The van der Waals surface area contributed by atoms with E-state index in [-0.39, 0.29) is 23.8 Å². The van der Waals surface area contributed by atoms with E-state index in [1.165, 1.54) is 11.3 Å². The maximum atomic E-state index is 12.5. The van der Waals surface area contributed by atoms with Gasteiger partial charge in [0.15, 0.2) is 0 Å². The molecule has 0 spiro atoms. The molecule has 2 fully saturated rings. The Labute approximate surface area is 196 Å². The van der Waals surface area contributed by atoms with E-state index in [0.29, 0.717) is 26.2 Å². The number of piperidine rings is 1. The Bertz CT molecular complexity index is 1080. The first-order valence-corrected chi connectivity index (χ1v) is 12.0. The SMILES string of the molecule is O=C(Nc1ccc(OC2CCN(C(=O)c3ccsc3)CC2)cc1)C1CN(c2ccnnc2)C1. The summed E-state index contributed by atoms with van der Waals surface area (Å²) in [6.45, 7) is 2.74. The fourth-order valence-electron chi connectivity index (χ4n) is 4.13. The van der Waals surface area contributed by atoms with E-state index in [1.807, 2.05) is 52.1 Å². The third-order valence-corrected chi connectivity index (χ3v) is 6.79. The summed E-state index contributed by atoms with van der Waals surface area (Å²) >= 11 is 1.54. The topological polar surface area (TPSA) is 87.7 Å². The van der Waals surface area contributed by atoms with Crippen LogP contribution in [0.4, 0.5) is 11.4 Å². The van der Waals surface area contributed by atoms with Crippen molar-refractivity contribution in [2.24, 2.45) is 5.92 Å². The number of nitrogens with zero attached hydrogens (tertiary/aromatic N) is 4. The number of thiophene rings is 1. The van der Waals surface area contributed by atoms with Gasteiger partial charge in [-0.3, -0.25) is 9.59 Å². The maximum Gasteiger partial charge on any atom is 0.254 e. The molecule has 2 aliphatic rings. The van der Waals surface area contributed by atoms with E-state index in [0.717, 1.165) is 35.5 Å². The van der Waals surface area contributed by atoms with Crippen LogP contribution in [0.5, 0.6) is 5.75 Å². The Morgan fingerprint density at radius 3 is 2.48 bits per heavy atom. The summed E-state index contributed by atoms with van der Waals surface area (Å²) in [5.41, 5.74) is 2.51. The van der Waals surface area contributed by atoms with Crippen LogP contribution in [0.2, 0.25) is 0 Å². The van der Waals surface area contributed by atoms with Crippen molar-refractivity contribution in [2.75, 3.05) is 36.4 Å². The van der Waals surface area contributed by atoms with Crippen molar-refractivity contribution >= 4 is 34.5 Å². The number of ether oxygens (including phenoxy) is 1. The number of nitrogens with one attached hydrogen (secondary N) is 1. The third kappa shape index (κ3) is 4.98. The van der Waals surface area contributed by atoms with E-state index in [4.69, 9.17) is 4.74 Å². The van der Waals surface area contributed by atoms with Crippen LogP contribution in [0.25, 0.3) is 0 Å². The summed E-state index contributed by atoms with van der Waals surface area (Å²) in [6.07, 6.45) is 5.05. The van der Waals surface area contributed by atoms with E-state index in [1.54, 1.807) is 12.4 Å². The summed E-state index contributed by atoms with van der Waals surface area (Å²) in [7, 11) is 0. The molecule has 2 aliphatic heterocycles. The van der Waals surface area contributed by atoms with Crippen LogP contribution < -0.4 is 15.0 Å². The monoisotopic (exact) mass is 463 g/mol. The van der Waals surface area contributed by atoms with Gasteiger partial charge in [0.25, 0.3) is 5.91 Å². The number of likely N-dealkylation sites (tertiary alicyclic amines) is 1. The lowest BCUT2D eigenvalue weighted by atomic mass is 9.98. The number of aromatic nitrogens is 2. The van der Waals surface area contributed by atoms with Crippen molar-refractivity contribution in [3.63, 3.8) is 0 Å². The number of benzene rings is 1. The summed E-state index contributed by atoms with van der Waals surface area (Å²) in [5, 5.41) is 14.5. The Morgan fingerprint density at radius 2 is 1.82 bits per heavy atom. The zero-order valence-corrected chi connectivity index (χ0v) is 18.9. The van der Waals surface area contributed by atoms with Gasteiger partial charge >= 0.3 is 0 Å². The Balaban J connectivity index is 1.06.